The van der Waals surface area contributed by atoms with Crippen LogP contribution in [0.5, 0.6) is 0 Å². The monoisotopic (exact) mass is 192 g/mol. The number of carbonyl (C=O) groups excluding carboxylic acids is 1. The molecule has 0 radical (unpaired) electrons. The molecular formula is C12H13FO. The van der Waals surface area contributed by atoms with Gasteiger partial charge in [0.1, 0.15) is 11.6 Å². The summed E-state index contributed by atoms with van der Waals surface area (Å²) < 4.78 is 12.7. The first kappa shape index (κ1) is 9.38. The lowest BCUT2D eigenvalue weighted by molar-refractivity contribution is -0.118. The number of carbonyl (C=O) groups is 1. The summed E-state index contributed by atoms with van der Waals surface area (Å²) in [6.07, 6.45) is 0.897. The van der Waals surface area contributed by atoms with Crippen molar-refractivity contribution in [2.45, 2.75) is 25.7 Å². The molecule has 2 atom stereocenters. The first-order valence-electron chi connectivity index (χ1n) is 4.80. The van der Waals surface area contributed by atoms with E-state index in [1.165, 1.54) is 12.1 Å². The highest BCUT2D eigenvalue weighted by Crippen LogP contribution is 2.54. The van der Waals surface area contributed by atoms with Crippen LogP contribution in [0.25, 0.3) is 0 Å². The lowest BCUT2D eigenvalue weighted by Crippen LogP contribution is -2.09. The Morgan fingerprint density at radius 1 is 1.43 bits per heavy atom. The van der Waals surface area contributed by atoms with E-state index in [0.29, 0.717) is 0 Å². The van der Waals surface area contributed by atoms with Gasteiger partial charge in [0.15, 0.2) is 0 Å². The second kappa shape index (κ2) is 2.91. The van der Waals surface area contributed by atoms with E-state index < -0.39 is 0 Å². The second-order valence-corrected chi connectivity index (χ2v) is 4.29. The Labute approximate surface area is 82.9 Å². The van der Waals surface area contributed by atoms with E-state index in [1.807, 2.05) is 0 Å². The third kappa shape index (κ3) is 1.35. The summed E-state index contributed by atoms with van der Waals surface area (Å²) in [4.78, 5) is 11.2. The number of ketones is 1. The Morgan fingerprint density at radius 2 is 2.00 bits per heavy atom. The van der Waals surface area contributed by atoms with Crippen molar-refractivity contribution in [3.63, 3.8) is 0 Å². The van der Waals surface area contributed by atoms with Crippen molar-refractivity contribution < 1.29 is 9.18 Å². The lowest BCUT2D eigenvalue weighted by Gasteiger charge is -2.10. The van der Waals surface area contributed by atoms with Crippen molar-refractivity contribution in [1.82, 2.24) is 0 Å². The van der Waals surface area contributed by atoms with Crippen molar-refractivity contribution in [2.24, 2.45) is 5.92 Å². The SMILES string of the molecule is CC(=O)C1CC1(C)c1ccc(F)cc1. The van der Waals surface area contributed by atoms with Crippen LogP contribution in [-0.4, -0.2) is 5.78 Å². The number of hydrogen-bond acceptors (Lipinski definition) is 1. The Balaban J connectivity index is 2.25. The van der Waals surface area contributed by atoms with E-state index in [1.54, 1.807) is 19.1 Å². The lowest BCUT2D eigenvalue weighted by atomic mass is 9.94. The molecule has 2 rings (SSSR count). The number of halogens is 1. The fourth-order valence-electron chi connectivity index (χ4n) is 2.11. The van der Waals surface area contributed by atoms with Gasteiger partial charge in [-0.15, -0.1) is 0 Å². The maximum absolute atomic E-state index is 12.7. The molecule has 0 aromatic heterocycles. The van der Waals surface area contributed by atoms with Gasteiger partial charge in [-0.25, -0.2) is 4.39 Å². The van der Waals surface area contributed by atoms with Crippen LogP contribution in [0.2, 0.25) is 0 Å². The molecule has 0 amide bonds. The fraction of sp³-hybridized carbons (Fsp3) is 0.417. The first-order chi connectivity index (χ1) is 6.54. The van der Waals surface area contributed by atoms with Crippen LogP contribution in [0.1, 0.15) is 25.8 Å². The van der Waals surface area contributed by atoms with Crippen LogP contribution in [0.4, 0.5) is 4.39 Å². The largest absolute Gasteiger partial charge is 0.300 e. The molecule has 74 valence electrons. The zero-order valence-electron chi connectivity index (χ0n) is 8.38. The molecule has 0 spiro atoms. The van der Waals surface area contributed by atoms with Crippen molar-refractivity contribution in [1.29, 1.82) is 0 Å². The van der Waals surface area contributed by atoms with Crippen LogP contribution in [0.3, 0.4) is 0 Å². The summed E-state index contributed by atoms with van der Waals surface area (Å²) in [5, 5.41) is 0. The van der Waals surface area contributed by atoms with Crippen LogP contribution in [0.15, 0.2) is 24.3 Å². The van der Waals surface area contributed by atoms with E-state index in [9.17, 15) is 9.18 Å². The Bertz CT molecular complexity index is 368. The maximum Gasteiger partial charge on any atom is 0.133 e. The Hall–Kier alpha value is -1.18. The number of Topliss-reactive ketones (excluding diaryl/α,β-unsaturated/α-hetero) is 1. The molecule has 2 heteroatoms. The molecular weight excluding hydrogens is 179 g/mol. The predicted molar refractivity (Wildman–Crippen MR) is 52.5 cm³/mol. The minimum atomic E-state index is -0.225. The smallest absolute Gasteiger partial charge is 0.133 e. The molecule has 0 saturated heterocycles. The topological polar surface area (TPSA) is 17.1 Å². The molecule has 0 N–H and O–H groups in total. The molecule has 1 nitrogen and oxygen atoms in total. The van der Waals surface area contributed by atoms with Gasteiger partial charge in [-0.05, 0) is 31.0 Å². The van der Waals surface area contributed by atoms with Gasteiger partial charge in [0.25, 0.3) is 0 Å². The number of benzene rings is 1. The molecule has 1 fully saturated rings. The highest BCUT2D eigenvalue weighted by atomic mass is 19.1. The van der Waals surface area contributed by atoms with Gasteiger partial charge in [-0.3, -0.25) is 4.79 Å². The summed E-state index contributed by atoms with van der Waals surface area (Å²) >= 11 is 0. The van der Waals surface area contributed by atoms with Crippen LogP contribution in [0, 0.1) is 11.7 Å². The molecule has 1 saturated carbocycles. The quantitative estimate of drug-likeness (QED) is 0.704. The van der Waals surface area contributed by atoms with E-state index in [2.05, 4.69) is 6.92 Å². The van der Waals surface area contributed by atoms with Crippen molar-refractivity contribution in [3.05, 3.63) is 35.6 Å². The molecule has 2 unspecified atom stereocenters. The highest BCUT2D eigenvalue weighted by molar-refractivity contribution is 5.83. The van der Waals surface area contributed by atoms with Gasteiger partial charge in [-0.1, -0.05) is 19.1 Å². The zero-order valence-corrected chi connectivity index (χ0v) is 8.38. The van der Waals surface area contributed by atoms with Crippen LogP contribution < -0.4 is 0 Å². The average Bonchev–Trinajstić information content (AvgIpc) is 2.80. The zero-order chi connectivity index (χ0) is 10.3. The second-order valence-electron chi connectivity index (χ2n) is 4.29. The van der Waals surface area contributed by atoms with E-state index >= 15 is 0 Å². The first-order valence-corrected chi connectivity index (χ1v) is 4.80. The van der Waals surface area contributed by atoms with Gasteiger partial charge in [0.2, 0.25) is 0 Å². The summed E-state index contributed by atoms with van der Waals surface area (Å²) in [6.45, 7) is 3.69. The van der Waals surface area contributed by atoms with Gasteiger partial charge in [0.05, 0.1) is 0 Å². The standard InChI is InChI=1S/C12H13FO/c1-8(14)11-7-12(11,2)9-3-5-10(13)6-4-9/h3-6,11H,7H2,1-2H3. The van der Waals surface area contributed by atoms with Crippen molar-refractivity contribution in [3.8, 4) is 0 Å². The average molecular weight is 192 g/mol. The predicted octanol–water partition coefficient (Wildman–Crippen LogP) is 2.69. The molecule has 1 aliphatic rings. The molecule has 1 aromatic rings. The third-order valence-electron chi connectivity index (χ3n) is 3.23. The molecule has 0 heterocycles. The molecule has 1 aliphatic carbocycles. The fourth-order valence-corrected chi connectivity index (χ4v) is 2.11. The summed E-state index contributed by atoms with van der Waals surface area (Å²) in [7, 11) is 0. The third-order valence-corrected chi connectivity index (χ3v) is 3.23. The minimum Gasteiger partial charge on any atom is -0.300 e. The van der Waals surface area contributed by atoms with Crippen molar-refractivity contribution >= 4 is 5.78 Å². The Kier molecular flexibility index (Phi) is 1.95. The van der Waals surface area contributed by atoms with Crippen LogP contribution in [-0.2, 0) is 10.2 Å². The molecule has 0 aliphatic heterocycles. The minimum absolute atomic E-state index is 0.0421. The summed E-state index contributed by atoms with van der Waals surface area (Å²) in [5.41, 5.74) is 1.03. The van der Waals surface area contributed by atoms with Gasteiger partial charge in [-0.2, -0.15) is 0 Å². The van der Waals surface area contributed by atoms with Gasteiger partial charge in [0, 0.05) is 11.3 Å². The number of hydrogen-bond donors (Lipinski definition) is 0. The molecule has 1 aromatic carbocycles. The van der Waals surface area contributed by atoms with E-state index in [4.69, 9.17) is 0 Å². The normalized spacial score (nSPS) is 30.1. The summed E-state index contributed by atoms with van der Waals surface area (Å²) in [6, 6.07) is 6.46. The van der Waals surface area contributed by atoms with E-state index in [-0.39, 0.29) is 22.9 Å². The van der Waals surface area contributed by atoms with Crippen LogP contribution >= 0.6 is 0 Å². The summed E-state index contributed by atoms with van der Waals surface area (Å²) in [5.74, 6) is 0.141. The number of rotatable bonds is 2. The molecule has 0 bridgehead atoms. The Morgan fingerprint density at radius 3 is 2.43 bits per heavy atom. The highest BCUT2D eigenvalue weighted by Gasteiger charge is 2.53. The van der Waals surface area contributed by atoms with Crippen molar-refractivity contribution in [2.75, 3.05) is 0 Å². The maximum atomic E-state index is 12.7. The molecule has 14 heavy (non-hydrogen) atoms. The van der Waals surface area contributed by atoms with E-state index in [0.717, 1.165) is 12.0 Å². The van der Waals surface area contributed by atoms with Gasteiger partial charge >= 0.3 is 0 Å². The van der Waals surface area contributed by atoms with Gasteiger partial charge < -0.3 is 0 Å².